The minimum absolute atomic E-state index is 0.0395. The van der Waals surface area contributed by atoms with E-state index < -0.39 is 0 Å². The predicted octanol–water partition coefficient (Wildman–Crippen LogP) is 2.53. The highest BCUT2D eigenvalue weighted by molar-refractivity contribution is 6.30. The number of nitriles is 1. The van der Waals surface area contributed by atoms with E-state index in [2.05, 4.69) is 4.98 Å². The van der Waals surface area contributed by atoms with E-state index in [0.29, 0.717) is 49.1 Å². The molecular formula is C21H20ClN5O3. The largest absolute Gasteiger partial charge is 0.472 e. The van der Waals surface area contributed by atoms with Crippen LogP contribution in [0.3, 0.4) is 0 Å². The summed E-state index contributed by atoms with van der Waals surface area (Å²) in [6.07, 6.45) is 2.02. The van der Waals surface area contributed by atoms with Gasteiger partial charge in [-0.05, 0) is 30.3 Å². The van der Waals surface area contributed by atoms with Crippen molar-refractivity contribution in [3.8, 4) is 11.9 Å². The molecule has 2 fully saturated rings. The van der Waals surface area contributed by atoms with Crippen LogP contribution >= 0.6 is 11.6 Å². The van der Waals surface area contributed by atoms with Gasteiger partial charge in [0.1, 0.15) is 12.6 Å². The summed E-state index contributed by atoms with van der Waals surface area (Å²) in [5.41, 5.74) is 1.24. The number of carbonyl (C=O) groups excluding carboxylic acids is 2. The van der Waals surface area contributed by atoms with Crippen LogP contribution in [0.5, 0.6) is 5.88 Å². The van der Waals surface area contributed by atoms with E-state index in [-0.39, 0.29) is 24.6 Å². The minimum atomic E-state index is -0.185. The van der Waals surface area contributed by atoms with E-state index in [0.717, 1.165) is 5.69 Å². The molecule has 1 aromatic heterocycles. The van der Waals surface area contributed by atoms with Crippen LogP contribution in [0.2, 0.25) is 5.02 Å². The zero-order chi connectivity index (χ0) is 21.1. The van der Waals surface area contributed by atoms with Crippen LogP contribution in [0.1, 0.15) is 12.0 Å². The van der Waals surface area contributed by atoms with Gasteiger partial charge in [0.15, 0.2) is 0 Å². The Morgan fingerprint density at radius 3 is 2.80 bits per heavy atom. The number of halogens is 1. The molecule has 0 saturated carbocycles. The van der Waals surface area contributed by atoms with Gasteiger partial charge in [-0.1, -0.05) is 11.6 Å². The van der Waals surface area contributed by atoms with Gasteiger partial charge < -0.3 is 14.5 Å². The van der Waals surface area contributed by atoms with Crippen LogP contribution in [0.15, 0.2) is 42.6 Å². The average molecular weight is 426 g/mol. The van der Waals surface area contributed by atoms with Crippen LogP contribution in [0.25, 0.3) is 0 Å². The Morgan fingerprint density at radius 1 is 1.23 bits per heavy atom. The number of anilines is 1. The van der Waals surface area contributed by atoms with Gasteiger partial charge in [0.05, 0.1) is 18.2 Å². The Balaban J connectivity index is 1.31. The summed E-state index contributed by atoms with van der Waals surface area (Å²) in [7, 11) is 0. The zero-order valence-electron chi connectivity index (χ0n) is 16.2. The number of pyridine rings is 1. The average Bonchev–Trinajstić information content (AvgIpc) is 3.36. The first-order chi connectivity index (χ1) is 14.5. The van der Waals surface area contributed by atoms with E-state index in [9.17, 15) is 9.59 Å². The molecule has 2 aromatic rings. The number of nitrogens with zero attached hydrogens (tertiary/aromatic N) is 5. The summed E-state index contributed by atoms with van der Waals surface area (Å²) in [4.78, 5) is 34.4. The topological polar surface area (TPSA) is 89.8 Å². The molecule has 3 amide bonds. The molecule has 3 heterocycles. The maximum Gasteiger partial charge on any atom is 0.325 e. The third-order valence-corrected chi connectivity index (χ3v) is 5.46. The molecule has 4 rings (SSSR count). The number of hydrogen-bond donors (Lipinski definition) is 0. The normalized spacial score (nSPS) is 18.6. The molecule has 8 nitrogen and oxygen atoms in total. The second kappa shape index (κ2) is 8.59. The second-order valence-electron chi connectivity index (χ2n) is 7.20. The van der Waals surface area contributed by atoms with E-state index in [1.807, 2.05) is 6.07 Å². The van der Waals surface area contributed by atoms with E-state index in [1.54, 1.807) is 51.1 Å². The van der Waals surface area contributed by atoms with Crippen LogP contribution in [0, 0.1) is 11.3 Å². The molecule has 154 valence electrons. The molecule has 1 atom stereocenters. The molecule has 2 saturated heterocycles. The fourth-order valence-electron chi connectivity index (χ4n) is 3.62. The molecule has 0 radical (unpaired) electrons. The Morgan fingerprint density at radius 2 is 2.03 bits per heavy atom. The van der Waals surface area contributed by atoms with E-state index >= 15 is 0 Å². The van der Waals surface area contributed by atoms with Gasteiger partial charge in [0.25, 0.3) is 0 Å². The lowest BCUT2D eigenvalue weighted by Gasteiger charge is -2.22. The lowest BCUT2D eigenvalue weighted by molar-refractivity contribution is -0.130. The lowest BCUT2D eigenvalue weighted by Crippen LogP contribution is -2.42. The number of likely N-dealkylation sites (tertiary alicyclic amines) is 1. The van der Waals surface area contributed by atoms with Gasteiger partial charge in [0.2, 0.25) is 11.8 Å². The van der Waals surface area contributed by atoms with Crippen molar-refractivity contribution in [2.24, 2.45) is 0 Å². The summed E-state index contributed by atoms with van der Waals surface area (Å²) < 4.78 is 5.82. The van der Waals surface area contributed by atoms with Crippen molar-refractivity contribution in [2.75, 3.05) is 37.6 Å². The first-order valence-corrected chi connectivity index (χ1v) is 10.0. The summed E-state index contributed by atoms with van der Waals surface area (Å²) in [5.74, 6) is 0.271. The SMILES string of the molecule is N#Cc1ccnc(OC2CCN(C(=O)CN3CCN(c4ccc(Cl)cc4)C3=O)C2)c1. The van der Waals surface area contributed by atoms with Crippen molar-refractivity contribution in [1.82, 2.24) is 14.8 Å². The summed E-state index contributed by atoms with van der Waals surface area (Å²) in [5, 5.41) is 9.58. The van der Waals surface area contributed by atoms with Crippen molar-refractivity contribution in [3.05, 3.63) is 53.2 Å². The number of ether oxygens (including phenoxy) is 1. The van der Waals surface area contributed by atoms with Crippen LogP contribution in [0.4, 0.5) is 10.5 Å². The Hall–Kier alpha value is -3.31. The molecule has 0 bridgehead atoms. The van der Waals surface area contributed by atoms with Gasteiger partial charge in [-0.2, -0.15) is 5.26 Å². The van der Waals surface area contributed by atoms with Crippen LogP contribution in [-0.4, -0.2) is 65.5 Å². The Labute approximate surface area is 179 Å². The zero-order valence-corrected chi connectivity index (χ0v) is 17.0. The minimum Gasteiger partial charge on any atom is -0.472 e. The van der Waals surface area contributed by atoms with Crippen molar-refractivity contribution >= 4 is 29.2 Å². The Kier molecular flexibility index (Phi) is 5.72. The van der Waals surface area contributed by atoms with Gasteiger partial charge in [-0.25, -0.2) is 9.78 Å². The highest BCUT2D eigenvalue weighted by Crippen LogP contribution is 2.23. The molecule has 2 aliphatic rings. The molecule has 1 aromatic carbocycles. The fourth-order valence-corrected chi connectivity index (χ4v) is 3.74. The number of urea groups is 1. The number of carbonyl (C=O) groups is 2. The quantitative estimate of drug-likeness (QED) is 0.734. The lowest BCUT2D eigenvalue weighted by atomic mass is 10.3. The number of rotatable bonds is 5. The van der Waals surface area contributed by atoms with E-state index in [1.165, 1.54) is 6.20 Å². The van der Waals surface area contributed by atoms with Crippen LogP contribution in [-0.2, 0) is 4.79 Å². The van der Waals surface area contributed by atoms with Crippen molar-refractivity contribution < 1.29 is 14.3 Å². The highest BCUT2D eigenvalue weighted by atomic mass is 35.5. The molecule has 9 heteroatoms. The summed E-state index contributed by atoms with van der Waals surface area (Å²) >= 11 is 5.91. The molecular weight excluding hydrogens is 406 g/mol. The second-order valence-corrected chi connectivity index (χ2v) is 7.63. The summed E-state index contributed by atoms with van der Waals surface area (Å²) in [6, 6.07) is 12.1. The van der Waals surface area contributed by atoms with Crippen molar-refractivity contribution in [2.45, 2.75) is 12.5 Å². The van der Waals surface area contributed by atoms with Crippen molar-refractivity contribution in [3.63, 3.8) is 0 Å². The van der Waals surface area contributed by atoms with Gasteiger partial charge in [0, 0.05) is 49.0 Å². The van der Waals surface area contributed by atoms with Gasteiger partial charge in [-0.15, -0.1) is 0 Å². The first-order valence-electron chi connectivity index (χ1n) is 9.66. The fraction of sp³-hybridized carbons (Fsp3) is 0.333. The van der Waals surface area contributed by atoms with Crippen LogP contribution < -0.4 is 9.64 Å². The summed E-state index contributed by atoms with van der Waals surface area (Å²) in [6.45, 7) is 2.05. The van der Waals surface area contributed by atoms with Gasteiger partial charge in [-0.3, -0.25) is 9.69 Å². The molecule has 2 aliphatic heterocycles. The number of benzene rings is 1. The highest BCUT2D eigenvalue weighted by Gasteiger charge is 2.34. The monoisotopic (exact) mass is 425 g/mol. The number of aromatic nitrogens is 1. The number of amides is 3. The van der Waals surface area contributed by atoms with Crippen molar-refractivity contribution in [1.29, 1.82) is 5.26 Å². The third kappa shape index (κ3) is 4.31. The Bertz CT molecular complexity index is 991. The standard InChI is InChI=1S/C21H20ClN5O3/c22-16-1-3-17(4-2-16)27-10-9-26(21(27)29)14-20(28)25-8-6-18(13-25)30-19-11-15(12-23)5-7-24-19/h1-5,7,11,18H,6,8-10,13-14H2. The third-order valence-electron chi connectivity index (χ3n) is 5.21. The van der Waals surface area contributed by atoms with Gasteiger partial charge >= 0.3 is 6.03 Å². The predicted molar refractivity (Wildman–Crippen MR) is 110 cm³/mol. The molecule has 0 N–H and O–H groups in total. The molecule has 0 spiro atoms. The first kappa shape index (κ1) is 20.0. The van der Waals surface area contributed by atoms with E-state index in [4.69, 9.17) is 21.6 Å². The molecule has 1 unspecified atom stereocenters. The number of hydrogen-bond acceptors (Lipinski definition) is 5. The molecule has 30 heavy (non-hydrogen) atoms. The maximum absolute atomic E-state index is 12.7. The maximum atomic E-state index is 12.7. The molecule has 0 aliphatic carbocycles. The smallest absolute Gasteiger partial charge is 0.325 e.